The van der Waals surface area contributed by atoms with Gasteiger partial charge in [0.2, 0.25) is 0 Å². The van der Waals surface area contributed by atoms with Gasteiger partial charge in [-0.25, -0.2) is 14.6 Å². The Kier molecular flexibility index (Phi) is 14.0. The topological polar surface area (TPSA) is 280 Å². The Morgan fingerprint density at radius 2 is 1.32 bits per heavy atom. The van der Waals surface area contributed by atoms with Crippen molar-refractivity contribution < 1.29 is 49.8 Å². The van der Waals surface area contributed by atoms with Crippen molar-refractivity contribution >= 4 is 77.7 Å². The number of aliphatic carboxylic acids is 1. The van der Waals surface area contributed by atoms with Crippen LogP contribution in [0.25, 0.3) is 33.4 Å². The number of carbonyl (C=O) groups is 3. The zero-order valence-electron chi connectivity index (χ0n) is 36.5. The number of aryl methyl sites for hydroxylation is 4. The highest BCUT2D eigenvalue weighted by molar-refractivity contribution is 7.86. The van der Waals surface area contributed by atoms with Crippen LogP contribution in [-0.2, 0) is 25.0 Å². The molecular weight excluding hydrogens is 877 g/mol. The molecule has 4 aromatic carbocycles. The Bertz CT molecular complexity index is 3160. The monoisotopic (exact) mass is 926 g/mol. The standard InChI is InChI=1S/C46H50N6O11S2/c1-24-19-26(3)43(51-45(47)55)28(5)41(24)49-30-16-17-31-35(21-30)63-36-23-34(38(65(60,61)62)22-33(36)40(31)32-13-10-11-14-37(32)64(57,58)59)50-42-25(2)20-27(4)44(29(42)6)52-46(56)48-18-12-8-7-9-15-39(53)54/h10-11,13-14,16-17,19-23,49H,7-9,12,15,18H2,1-6H3,(H,53,54)(H3,47,51,55)(H2,48,52,56)(H,57,58,59)(H,60,61,62)/b50-34-. The van der Waals surface area contributed by atoms with Gasteiger partial charge in [0, 0.05) is 58.5 Å². The van der Waals surface area contributed by atoms with Crippen LogP contribution in [0.5, 0.6) is 0 Å². The van der Waals surface area contributed by atoms with Gasteiger partial charge in [-0.05, 0) is 112 Å². The van der Waals surface area contributed by atoms with E-state index in [2.05, 4.69) is 21.3 Å². The normalized spacial score (nSPS) is 12.1. The predicted molar refractivity (Wildman–Crippen MR) is 249 cm³/mol. The number of nitrogens with two attached hydrogens (primary N) is 1. The number of anilines is 4. The van der Waals surface area contributed by atoms with Crippen LogP contribution >= 0.6 is 0 Å². The van der Waals surface area contributed by atoms with E-state index < -0.39 is 48.1 Å². The molecule has 17 nitrogen and oxygen atoms in total. The van der Waals surface area contributed by atoms with E-state index in [1.54, 1.807) is 51.1 Å². The maximum absolute atomic E-state index is 13.3. The van der Waals surface area contributed by atoms with Crippen LogP contribution in [0.4, 0.5) is 38.0 Å². The van der Waals surface area contributed by atoms with E-state index in [0.717, 1.165) is 23.6 Å². The van der Waals surface area contributed by atoms with Crippen molar-refractivity contribution in [3.05, 3.63) is 105 Å². The first kappa shape index (κ1) is 47.7. The van der Waals surface area contributed by atoms with Gasteiger partial charge in [0.1, 0.15) is 21.1 Å². The maximum Gasteiger partial charge on any atom is 0.319 e. The molecule has 1 heterocycles. The maximum atomic E-state index is 13.3. The van der Waals surface area contributed by atoms with Gasteiger partial charge in [0.05, 0.1) is 22.4 Å². The first-order valence-corrected chi connectivity index (χ1v) is 23.4. The first-order chi connectivity index (χ1) is 30.5. The first-order valence-electron chi connectivity index (χ1n) is 20.5. The van der Waals surface area contributed by atoms with Gasteiger partial charge in [0.15, 0.2) is 0 Å². The summed E-state index contributed by atoms with van der Waals surface area (Å²) in [6, 6.07) is 15.5. The summed E-state index contributed by atoms with van der Waals surface area (Å²) in [5, 5.41) is 20.6. The highest BCUT2D eigenvalue weighted by Gasteiger charge is 2.27. The Labute approximate surface area is 376 Å². The summed E-state index contributed by atoms with van der Waals surface area (Å²) in [5.41, 5.74) is 12.4. The second-order valence-corrected chi connectivity index (χ2v) is 18.6. The zero-order chi connectivity index (χ0) is 47.5. The van der Waals surface area contributed by atoms with Crippen LogP contribution in [0.1, 0.15) is 65.5 Å². The molecule has 1 aliphatic heterocycles. The minimum Gasteiger partial charge on any atom is -0.481 e. The number of unbranched alkanes of at least 4 members (excludes halogenated alkanes) is 3. The van der Waals surface area contributed by atoms with Gasteiger partial charge in [-0.15, -0.1) is 0 Å². The molecule has 0 unspecified atom stereocenters. The van der Waals surface area contributed by atoms with Crippen molar-refractivity contribution in [3.8, 4) is 22.5 Å². The SMILES string of the molecule is Cc1cc(C)c(NC(=O)NCCCCCCC(=O)O)c(C)c1/N=c1/cc2oc3cc(Nc4c(C)cc(C)c(NC(N)=O)c4C)ccc3c(-c3ccccc3S(=O)(=O)O)c-2cc1S(=O)(=O)O. The zero-order valence-corrected chi connectivity index (χ0v) is 38.2. The average Bonchev–Trinajstić information content (AvgIpc) is 3.21. The molecule has 0 bridgehead atoms. The molecule has 0 fully saturated rings. The number of hydrogen-bond donors (Lipinski definition) is 8. The van der Waals surface area contributed by atoms with Gasteiger partial charge >= 0.3 is 18.0 Å². The predicted octanol–water partition coefficient (Wildman–Crippen LogP) is 9.17. The quantitative estimate of drug-likeness (QED) is 0.0272. The molecule has 4 aromatic rings. The minimum absolute atomic E-state index is 0.0114. The molecule has 0 spiro atoms. The molecular formula is C46H50N6O11S2. The molecule has 342 valence electrons. The van der Waals surface area contributed by atoms with Gasteiger partial charge in [-0.3, -0.25) is 13.9 Å². The van der Waals surface area contributed by atoms with Crippen LogP contribution in [0.3, 0.4) is 0 Å². The number of fused-ring (bicyclic) bond motifs is 2. The molecule has 4 amide bonds. The van der Waals surface area contributed by atoms with Gasteiger partial charge in [-0.1, -0.05) is 43.2 Å². The van der Waals surface area contributed by atoms with Crippen LogP contribution < -0.4 is 32.4 Å². The Morgan fingerprint density at radius 1 is 0.692 bits per heavy atom. The van der Waals surface area contributed by atoms with E-state index in [9.17, 15) is 40.3 Å². The molecule has 0 radical (unpaired) electrons. The molecule has 2 aliphatic rings. The molecule has 0 atom stereocenters. The summed E-state index contributed by atoms with van der Waals surface area (Å²) in [4.78, 5) is 39.3. The molecule has 0 saturated heterocycles. The third-order valence-electron chi connectivity index (χ3n) is 11.0. The number of rotatable bonds is 15. The summed E-state index contributed by atoms with van der Waals surface area (Å²) in [6.07, 6.45) is 2.73. The van der Waals surface area contributed by atoms with Crippen molar-refractivity contribution in [2.24, 2.45) is 10.7 Å². The van der Waals surface area contributed by atoms with Crippen molar-refractivity contribution in [3.63, 3.8) is 0 Å². The lowest BCUT2D eigenvalue weighted by Gasteiger charge is -2.20. The Hall–Kier alpha value is -6.80. The molecule has 0 aromatic heterocycles. The molecule has 0 saturated carbocycles. The second-order valence-electron chi connectivity index (χ2n) is 15.9. The fraction of sp³-hybridized carbons (Fsp3) is 0.261. The summed E-state index contributed by atoms with van der Waals surface area (Å²) in [5.74, 6) is -0.825. The van der Waals surface area contributed by atoms with E-state index in [1.165, 1.54) is 24.3 Å². The lowest BCUT2D eigenvalue weighted by Crippen LogP contribution is -2.30. The van der Waals surface area contributed by atoms with Gasteiger partial charge < -0.3 is 36.5 Å². The van der Waals surface area contributed by atoms with E-state index in [0.29, 0.717) is 76.2 Å². The number of benzene rings is 5. The third-order valence-corrected chi connectivity index (χ3v) is 12.8. The Balaban J connectivity index is 1.53. The van der Waals surface area contributed by atoms with E-state index in [-0.39, 0.29) is 45.5 Å². The fourth-order valence-electron chi connectivity index (χ4n) is 8.08. The number of primary amides is 1. The van der Waals surface area contributed by atoms with Gasteiger partial charge in [-0.2, -0.15) is 16.8 Å². The summed E-state index contributed by atoms with van der Waals surface area (Å²) < 4.78 is 79.7. The Morgan fingerprint density at radius 3 is 1.98 bits per heavy atom. The van der Waals surface area contributed by atoms with Crippen LogP contribution in [-0.4, -0.2) is 55.6 Å². The van der Waals surface area contributed by atoms with Crippen molar-refractivity contribution in [1.82, 2.24) is 5.32 Å². The van der Waals surface area contributed by atoms with Crippen LogP contribution in [0, 0.1) is 41.5 Å². The fourth-order valence-corrected chi connectivity index (χ4v) is 9.41. The van der Waals surface area contributed by atoms with Crippen LogP contribution in [0.15, 0.2) is 85.9 Å². The molecule has 6 rings (SSSR count). The summed E-state index contributed by atoms with van der Waals surface area (Å²) >= 11 is 0. The summed E-state index contributed by atoms with van der Waals surface area (Å²) in [7, 11) is -9.88. The molecule has 9 N–H and O–H groups in total. The van der Waals surface area contributed by atoms with E-state index in [1.807, 2.05) is 26.8 Å². The van der Waals surface area contributed by atoms with Crippen molar-refractivity contribution in [2.75, 3.05) is 22.5 Å². The smallest absolute Gasteiger partial charge is 0.319 e. The largest absolute Gasteiger partial charge is 0.481 e. The number of amides is 4. The van der Waals surface area contributed by atoms with Crippen LogP contribution in [0.2, 0.25) is 0 Å². The number of carboxylic acid groups (broad SMARTS) is 1. The van der Waals surface area contributed by atoms with Gasteiger partial charge in [0.25, 0.3) is 20.2 Å². The van der Waals surface area contributed by atoms with E-state index >= 15 is 0 Å². The number of carboxylic acids is 1. The number of hydrogen-bond acceptors (Lipinski definition) is 10. The minimum atomic E-state index is -5.04. The number of urea groups is 2. The molecule has 1 aliphatic carbocycles. The highest BCUT2D eigenvalue weighted by atomic mass is 32.2. The van der Waals surface area contributed by atoms with Crippen molar-refractivity contribution in [2.45, 2.75) is 83.4 Å². The highest BCUT2D eigenvalue weighted by Crippen LogP contribution is 2.44. The molecule has 65 heavy (non-hydrogen) atoms. The second kappa shape index (κ2) is 19.1. The summed E-state index contributed by atoms with van der Waals surface area (Å²) in [6.45, 7) is 11.1. The van der Waals surface area contributed by atoms with E-state index in [4.69, 9.17) is 20.2 Å². The van der Waals surface area contributed by atoms with Crippen molar-refractivity contribution in [1.29, 1.82) is 0 Å². The lowest BCUT2D eigenvalue weighted by atomic mass is 9.93. The average molecular weight is 927 g/mol. The number of nitrogens with one attached hydrogen (secondary N) is 4. The number of nitrogens with zero attached hydrogens (tertiary/aromatic N) is 1. The number of carbonyl (C=O) groups excluding carboxylic acids is 2. The lowest BCUT2D eigenvalue weighted by molar-refractivity contribution is -0.137. The third kappa shape index (κ3) is 10.8. The molecule has 19 heteroatoms.